The van der Waals surface area contributed by atoms with Crippen molar-refractivity contribution in [2.24, 2.45) is 5.41 Å². The summed E-state index contributed by atoms with van der Waals surface area (Å²) < 4.78 is 1.18. The van der Waals surface area contributed by atoms with Gasteiger partial charge in [0, 0.05) is 16.4 Å². The molecule has 1 N–H and O–H groups in total. The van der Waals surface area contributed by atoms with E-state index in [2.05, 4.69) is 52.6 Å². The SMILES string of the molecule is CNCC1(c2ccc(Br)cc2)CC2(CC2)C1. The topological polar surface area (TPSA) is 12.0 Å². The first-order valence-electron chi connectivity index (χ1n) is 6.09. The molecule has 0 unspecified atom stereocenters. The minimum absolute atomic E-state index is 0.423. The summed E-state index contributed by atoms with van der Waals surface area (Å²) in [6.45, 7) is 1.12. The van der Waals surface area contributed by atoms with Gasteiger partial charge in [0.05, 0.1) is 0 Å². The average molecular weight is 280 g/mol. The Kier molecular flexibility index (Phi) is 2.41. The minimum atomic E-state index is 0.423. The van der Waals surface area contributed by atoms with Crippen LogP contribution in [0.4, 0.5) is 0 Å². The highest BCUT2D eigenvalue weighted by Gasteiger charge is 2.60. The molecule has 1 aromatic carbocycles. The number of likely N-dealkylation sites (N-methyl/N-ethyl adjacent to an activating group) is 1. The Morgan fingerprint density at radius 1 is 1.19 bits per heavy atom. The molecule has 0 radical (unpaired) electrons. The highest BCUT2D eigenvalue weighted by atomic mass is 79.9. The lowest BCUT2D eigenvalue weighted by Gasteiger charge is -2.49. The Labute approximate surface area is 106 Å². The van der Waals surface area contributed by atoms with Gasteiger partial charge < -0.3 is 5.32 Å². The van der Waals surface area contributed by atoms with Crippen LogP contribution in [0, 0.1) is 5.41 Å². The standard InChI is InChI=1S/C14H18BrN/c1-16-10-14(8-13(9-14)6-7-13)11-2-4-12(15)5-3-11/h2-5,16H,6-10H2,1H3. The van der Waals surface area contributed by atoms with Gasteiger partial charge >= 0.3 is 0 Å². The molecule has 0 bridgehead atoms. The summed E-state index contributed by atoms with van der Waals surface area (Å²) in [6.07, 6.45) is 5.72. The van der Waals surface area contributed by atoms with E-state index in [1.807, 2.05) is 0 Å². The molecule has 2 fully saturated rings. The van der Waals surface area contributed by atoms with Gasteiger partial charge in [-0.2, -0.15) is 0 Å². The second-order valence-electron chi connectivity index (χ2n) is 5.67. The molecule has 0 aliphatic heterocycles. The predicted octanol–water partition coefficient (Wildman–Crippen LogP) is 3.48. The Hall–Kier alpha value is -0.340. The van der Waals surface area contributed by atoms with Crippen LogP contribution in [0.5, 0.6) is 0 Å². The highest BCUT2D eigenvalue weighted by Crippen LogP contribution is 2.68. The molecule has 2 saturated carbocycles. The fourth-order valence-electron chi connectivity index (χ4n) is 3.49. The molecule has 2 aliphatic carbocycles. The maximum atomic E-state index is 3.51. The van der Waals surface area contributed by atoms with Crippen LogP contribution in [0.1, 0.15) is 31.2 Å². The summed E-state index contributed by atoms with van der Waals surface area (Å²) in [6, 6.07) is 8.92. The monoisotopic (exact) mass is 279 g/mol. The quantitative estimate of drug-likeness (QED) is 0.893. The summed E-state index contributed by atoms with van der Waals surface area (Å²) in [7, 11) is 2.07. The number of halogens is 1. The van der Waals surface area contributed by atoms with E-state index in [4.69, 9.17) is 0 Å². The van der Waals surface area contributed by atoms with Crippen molar-refractivity contribution >= 4 is 15.9 Å². The lowest BCUT2D eigenvalue weighted by atomic mass is 9.56. The molecule has 0 atom stereocenters. The summed E-state index contributed by atoms with van der Waals surface area (Å²) in [5.74, 6) is 0. The van der Waals surface area contributed by atoms with Crippen LogP contribution in [0.25, 0.3) is 0 Å². The van der Waals surface area contributed by atoms with Gasteiger partial charge in [-0.15, -0.1) is 0 Å². The Balaban J connectivity index is 1.86. The first-order chi connectivity index (χ1) is 7.68. The van der Waals surface area contributed by atoms with Gasteiger partial charge in [-0.3, -0.25) is 0 Å². The second-order valence-corrected chi connectivity index (χ2v) is 6.59. The lowest BCUT2D eigenvalue weighted by molar-refractivity contribution is 0.118. The molecule has 2 heteroatoms. The zero-order chi connectivity index (χ0) is 11.2. The number of hydrogen-bond donors (Lipinski definition) is 1. The van der Waals surface area contributed by atoms with E-state index in [1.165, 1.54) is 35.7 Å². The zero-order valence-electron chi connectivity index (χ0n) is 9.72. The maximum Gasteiger partial charge on any atom is 0.0175 e. The van der Waals surface area contributed by atoms with Crippen LogP contribution in [0.2, 0.25) is 0 Å². The number of hydrogen-bond acceptors (Lipinski definition) is 1. The first kappa shape index (κ1) is 10.8. The lowest BCUT2D eigenvalue weighted by Crippen LogP contribution is -2.49. The molecule has 0 amide bonds. The third-order valence-corrected chi connectivity index (χ3v) is 4.88. The molecular weight excluding hydrogens is 262 g/mol. The van der Waals surface area contributed by atoms with Crippen molar-refractivity contribution in [3.05, 3.63) is 34.3 Å². The molecule has 1 spiro atoms. The van der Waals surface area contributed by atoms with E-state index in [0.717, 1.165) is 12.0 Å². The van der Waals surface area contributed by atoms with Gasteiger partial charge in [-0.05, 0) is 55.8 Å². The fraction of sp³-hybridized carbons (Fsp3) is 0.571. The van der Waals surface area contributed by atoms with Gasteiger partial charge in [-0.25, -0.2) is 0 Å². The van der Waals surface area contributed by atoms with E-state index < -0.39 is 0 Å². The fourth-order valence-corrected chi connectivity index (χ4v) is 3.75. The molecule has 2 aliphatic rings. The molecular formula is C14H18BrN. The summed E-state index contributed by atoms with van der Waals surface area (Å²) in [4.78, 5) is 0. The van der Waals surface area contributed by atoms with Crippen LogP contribution >= 0.6 is 15.9 Å². The maximum absolute atomic E-state index is 3.51. The van der Waals surface area contributed by atoms with Crippen LogP contribution in [-0.2, 0) is 5.41 Å². The van der Waals surface area contributed by atoms with Crippen LogP contribution in [0.3, 0.4) is 0 Å². The van der Waals surface area contributed by atoms with E-state index in [1.54, 1.807) is 0 Å². The highest BCUT2D eigenvalue weighted by molar-refractivity contribution is 9.10. The molecule has 86 valence electrons. The second kappa shape index (κ2) is 3.58. The third-order valence-electron chi connectivity index (χ3n) is 4.36. The van der Waals surface area contributed by atoms with Crippen molar-refractivity contribution in [3.63, 3.8) is 0 Å². The van der Waals surface area contributed by atoms with Crippen molar-refractivity contribution in [3.8, 4) is 0 Å². The number of nitrogens with one attached hydrogen (secondary N) is 1. The number of benzene rings is 1. The van der Waals surface area contributed by atoms with Crippen LogP contribution in [-0.4, -0.2) is 13.6 Å². The molecule has 0 aromatic heterocycles. The van der Waals surface area contributed by atoms with Crippen LogP contribution in [0.15, 0.2) is 28.7 Å². The number of rotatable bonds is 3. The summed E-state index contributed by atoms with van der Waals surface area (Å²) in [5, 5.41) is 3.38. The normalized spacial score (nSPS) is 24.1. The van der Waals surface area contributed by atoms with Gasteiger partial charge in [0.25, 0.3) is 0 Å². The molecule has 1 nitrogen and oxygen atoms in total. The smallest absolute Gasteiger partial charge is 0.0175 e. The predicted molar refractivity (Wildman–Crippen MR) is 70.6 cm³/mol. The van der Waals surface area contributed by atoms with Gasteiger partial charge in [-0.1, -0.05) is 28.1 Å². The largest absolute Gasteiger partial charge is 0.319 e. The van der Waals surface area contributed by atoms with E-state index >= 15 is 0 Å². The Morgan fingerprint density at radius 2 is 1.81 bits per heavy atom. The zero-order valence-corrected chi connectivity index (χ0v) is 11.3. The first-order valence-corrected chi connectivity index (χ1v) is 6.88. The third kappa shape index (κ3) is 1.63. The van der Waals surface area contributed by atoms with Crippen LogP contribution < -0.4 is 5.32 Å². The molecule has 3 rings (SSSR count). The minimum Gasteiger partial charge on any atom is -0.319 e. The molecule has 0 heterocycles. The van der Waals surface area contributed by atoms with Gasteiger partial charge in [0.15, 0.2) is 0 Å². The van der Waals surface area contributed by atoms with Crippen molar-refractivity contribution in [2.45, 2.75) is 31.1 Å². The molecule has 0 saturated heterocycles. The van der Waals surface area contributed by atoms with E-state index in [-0.39, 0.29) is 0 Å². The Morgan fingerprint density at radius 3 is 2.31 bits per heavy atom. The van der Waals surface area contributed by atoms with Crippen molar-refractivity contribution in [1.29, 1.82) is 0 Å². The van der Waals surface area contributed by atoms with Crippen molar-refractivity contribution < 1.29 is 0 Å². The van der Waals surface area contributed by atoms with Gasteiger partial charge in [0.1, 0.15) is 0 Å². The molecule has 1 aromatic rings. The average Bonchev–Trinajstić information content (AvgIpc) is 2.98. The van der Waals surface area contributed by atoms with E-state index in [0.29, 0.717) is 5.41 Å². The van der Waals surface area contributed by atoms with E-state index in [9.17, 15) is 0 Å². The molecule has 16 heavy (non-hydrogen) atoms. The Bertz CT molecular complexity index is 384. The summed E-state index contributed by atoms with van der Waals surface area (Å²) >= 11 is 3.51. The van der Waals surface area contributed by atoms with Crippen molar-refractivity contribution in [2.75, 3.05) is 13.6 Å². The van der Waals surface area contributed by atoms with Crippen molar-refractivity contribution in [1.82, 2.24) is 5.32 Å². The summed E-state index contributed by atoms with van der Waals surface area (Å²) in [5.41, 5.74) is 2.69. The van der Waals surface area contributed by atoms with Gasteiger partial charge in [0.2, 0.25) is 0 Å².